The van der Waals surface area contributed by atoms with Crippen LogP contribution in [0.25, 0.3) is 44.7 Å². The van der Waals surface area contributed by atoms with Crippen LogP contribution in [-0.4, -0.2) is 21.1 Å². The third-order valence-electron chi connectivity index (χ3n) is 12.2. The molecule has 0 radical (unpaired) electrons. The summed E-state index contributed by atoms with van der Waals surface area (Å²) in [7, 11) is 0. The van der Waals surface area contributed by atoms with Crippen molar-refractivity contribution in [1.29, 1.82) is 0 Å². The third-order valence-corrected chi connectivity index (χ3v) is 13.2. The van der Waals surface area contributed by atoms with Gasteiger partial charge < -0.3 is 0 Å². The Morgan fingerprint density at radius 2 is 1.21 bits per heavy atom. The molecule has 8 heteroatoms. The number of aromatic nitrogens is 3. The molecule has 0 bridgehead atoms. The molecule has 8 aromatic carbocycles. The van der Waals surface area contributed by atoms with Gasteiger partial charge in [0.1, 0.15) is 0 Å². The van der Waals surface area contributed by atoms with E-state index in [1.165, 1.54) is 11.1 Å². The minimum atomic E-state index is -0.217. The Bertz CT molecular complexity index is 3440. The molecule has 0 saturated heterocycles. The summed E-state index contributed by atoms with van der Waals surface area (Å²) < 4.78 is 12.3. The number of rotatable bonds is 9. The Kier molecular flexibility index (Phi) is 10.7. The average molecular weight is 1030 g/mol. The number of hydrogen-bond acceptors (Lipinski definition) is 4. The Hall–Kier alpha value is -7.47. The first-order chi connectivity index (χ1) is 32.3. The summed E-state index contributed by atoms with van der Waals surface area (Å²) in [4.78, 5) is 9.79. The number of benzene rings is 8. The number of pyridine rings is 1. The molecule has 0 fully saturated rings. The summed E-state index contributed by atoms with van der Waals surface area (Å²) >= 11 is 2.48. The number of ether oxygens (including phenoxy) is 1. The van der Waals surface area contributed by atoms with Crippen molar-refractivity contribution in [3.63, 3.8) is 0 Å². The van der Waals surface area contributed by atoms with Gasteiger partial charge in [0, 0.05) is 5.69 Å². The summed E-state index contributed by atoms with van der Waals surface area (Å²) in [5, 5.41) is 0. The van der Waals surface area contributed by atoms with E-state index in [2.05, 4.69) is 235 Å². The molecule has 1 aliphatic heterocycles. The fraction of sp³-hybridized carbons (Fsp3) is 0.0690. The molecule has 2 aromatic heterocycles. The van der Waals surface area contributed by atoms with Gasteiger partial charge in [0.15, 0.2) is 0 Å². The molecule has 0 spiro atoms. The van der Waals surface area contributed by atoms with Crippen LogP contribution in [0.1, 0.15) is 26.3 Å². The molecule has 10 aromatic rings. The number of fused-ring (bicyclic) bond motifs is 2. The zero-order valence-corrected chi connectivity index (χ0v) is 39.0. The normalized spacial score (nSPS) is 12.5. The van der Waals surface area contributed by atoms with Gasteiger partial charge in [-0.15, -0.1) is 6.07 Å². The first-order valence-electron chi connectivity index (χ1n) is 22.2. The van der Waals surface area contributed by atoms with E-state index in [0.717, 1.165) is 71.2 Å². The third kappa shape index (κ3) is 7.49. The average Bonchev–Trinajstić information content (AvgIpc) is 3.86. The molecule has 66 heavy (non-hydrogen) atoms. The topological polar surface area (TPSA) is 38.5 Å². The van der Waals surface area contributed by atoms with E-state index < -0.39 is 0 Å². The first kappa shape index (κ1) is 41.3. The van der Waals surface area contributed by atoms with Gasteiger partial charge in [-0.1, -0.05) is 48.5 Å². The first-order valence-corrected chi connectivity index (χ1v) is 23.3. The number of para-hydroxylation sites is 5. The quantitative estimate of drug-likeness (QED) is 0.107. The second kappa shape index (κ2) is 17.2. The van der Waals surface area contributed by atoms with Crippen LogP contribution in [0.4, 0.5) is 22.9 Å². The van der Waals surface area contributed by atoms with E-state index in [1.807, 2.05) is 48.5 Å². The van der Waals surface area contributed by atoms with Gasteiger partial charge >= 0.3 is 315 Å². The second-order valence-corrected chi connectivity index (χ2v) is 18.4. The summed E-state index contributed by atoms with van der Waals surface area (Å²) in [6.45, 7) is 6.59. The van der Waals surface area contributed by atoms with E-state index in [0.29, 0.717) is 11.6 Å². The Labute approximate surface area is 397 Å². The van der Waals surface area contributed by atoms with Gasteiger partial charge in [0.2, 0.25) is 0 Å². The molecular formula is C58H44BN5OPt-2. The molecule has 0 aliphatic carbocycles. The molecular weight excluding hydrogens is 989 g/mol. The van der Waals surface area contributed by atoms with E-state index >= 15 is 0 Å². The van der Waals surface area contributed by atoms with E-state index in [4.69, 9.17) is 9.72 Å². The van der Waals surface area contributed by atoms with Crippen LogP contribution in [0, 0.1) is 15.9 Å². The Morgan fingerprint density at radius 3 is 1.97 bits per heavy atom. The maximum absolute atomic E-state index is 6.68. The molecule has 0 atom stereocenters. The molecule has 0 N–H and O–H groups in total. The summed E-state index contributed by atoms with van der Waals surface area (Å²) in [6, 6.07) is 81.4. The van der Waals surface area contributed by atoms with Crippen LogP contribution in [0.2, 0.25) is 0 Å². The van der Waals surface area contributed by atoms with Crippen molar-refractivity contribution in [3.8, 4) is 45.3 Å². The fourth-order valence-corrected chi connectivity index (χ4v) is 10.2. The number of imidazole rings is 1. The van der Waals surface area contributed by atoms with Crippen molar-refractivity contribution < 1.29 is 24.1 Å². The SMILES string of the molecule is CC(C)(C)c1cccc(-c2cccc(-c3ccccc3)c2-n2[c](=[Pt])n(-c3[c-]c(Oc4cccc(N5B(c6ccccc6)N(c6ccccc6)c6ccc[c-]c65)n4)ccc3)c3ccccc32)c1. The van der Waals surface area contributed by atoms with Crippen LogP contribution in [0.5, 0.6) is 11.6 Å². The van der Waals surface area contributed by atoms with Crippen LogP contribution < -0.4 is 19.8 Å². The van der Waals surface area contributed by atoms with E-state index in [9.17, 15) is 0 Å². The Balaban J connectivity index is 1.01. The number of anilines is 4. The number of hydrogen-bond donors (Lipinski definition) is 0. The zero-order chi connectivity index (χ0) is 44.8. The predicted octanol–water partition coefficient (Wildman–Crippen LogP) is 13.6. The van der Waals surface area contributed by atoms with Gasteiger partial charge in [-0.05, 0) is 12.1 Å². The second-order valence-electron chi connectivity index (χ2n) is 17.4. The fourth-order valence-electron chi connectivity index (χ4n) is 9.12. The summed E-state index contributed by atoms with van der Waals surface area (Å²) in [6.07, 6.45) is 0. The minimum absolute atomic E-state index is 0.00294. The van der Waals surface area contributed by atoms with Crippen LogP contribution in [0.3, 0.4) is 0 Å². The van der Waals surface area contributed by atoms with Crippen LogP contribution in [-0.2, 0) is 24.8 Å². The molecule has 0 unspecified atom stereocenters. The monoisotopic (exact) mass is 1030 g/mol. The van der Waals surface area contributed by atoms with Gasteiger partial charge in [-0.3, -0.25) is 0 Å². The number of nitrogens with zero attached hydrogens (tertiary/aromatic N) is 5. The zero-order valence-electron chi connectivity index (χ0n) is 36.7. The molecule has 0 amide bonds. The van der Waals surface area contributed by atoms with Crippen molar-refractivity contribution in [2.45, 2.75) is 26.2 Å². The van der Waals surface area contributed by atoms with Gasteiger partial charge in [0.25, 0.3) is 0 Å². The van der Waals surface area contributed by atoms with E-state index in [1.54, 1.807) is 0 Å². The van der Waals surface area contributed by atoms with Crippen LogP contribution in [0.15, 0.2) is 212 Å². The van der Waals surface area contributed by atoms with Crippen molar-refractivity contribution in [1.82, 2.24) is 14.1 Å². The molecule has 322 valence electrons. The Morgan fingerprint density at radius 1 is 0.576 bits per heavy atom. The van der Waals surface area contributed by atoms with Crippen molar-refractivity contribution in [2.75, 3.05) is 9.62 Å². The van der Waals surface area contributed by atoms with Gasteiger partial charge in [-0.2, -0.15) is 12.1 Å². The summed E-state index contributed by atoms with van der Waals surface area (Å²) in [5.41, 5.74) is 14.2. The van der Waals surface area contributed by atoms with Gasteiger partial charge in [-0.25, -0.2) is 0 Å². The predicted molar refractivity (Wildman–Crippen MR) is 266 cm³/mol. The van der Waals surface area contributed by atoms with Crippen molar-refractivity contribution >= 4 is 46.4 Å². The molecule has 3 heterocycles. The summed E-state index contributed by atoms with van der Waals surface area (Å²) in [5.74, 6) is 1.76. The van der Waals surface area contributed by atoms with E-state index in [-0.39, 0.29) is 12.4 Å². The molecule has 0 saturated carbocycles. The van der Waals surface area contributed by atoms with Crippen LogP contribution >= 0.6 is 0 Å². The van der Waals surface area contributed by atoms with Crippen molar-refractivity contribution in [2.24, 2.45) is 0 Å². The van der Waals surface area contributed by atoms with Crippen molar-refractivity contribution in [3.05, 3.63) is 234 Å². The maximum atomic E-state index is 6.68. The standard InChI is InChI=1S/C58H44BN5O.Pt/c1-58(2,3)44-24-17-23-43(39-44)50-32-19-31-49(42-21-7-4-8-22-42)57(50)62-41-61(51-33-13-14-34-52(51)62)47-29-18-30-48(40-47)65-56-38-20-37-55(60-56)64-54-36-16-15-35-53(54)63(46-27-11-6-12-28-46)59(64)45-25-9-5-10-26-45;/h4-35,37-39H,1-3H3;/q-2;. The van der Waals surface area contributed by atoms with Gasteiger partial charge in [0.05, 0.1) is 0 Å². The molecule has 1 aliphatic rings. The molecule has 11 rings (SSSR count). The molecule has 6 nitrogen and oxygen atoms in total.